The highest BCUT2D eigenvalue weighted by Gasteiger charge is 2.06. The number of carbonyl (C=O) groups is 2. The van der Waals surface area contributed by atoms with E-state index in [9.17, 15) is 9.59 Å². The van der Waals surface area contributed by atoms with Gasteiger partial charge in [-0.15, -0.1) is 0 Å². The molecule has 5 heteroatoms. The molecule has 1 aromatic carbocycles. The molecule has 0 saturated heterocycles. The molecule has 1 heterocycles. The standard InChI is InChI=1S/C17H20N2O3/c20-16(21)9-2-1-3-10-18-17(22)14-7-6-8-15(13-14)19-11-4-5-12-19/h4-8,11-13H,1-3,9-10H2,(H,18,22)(H,20,21). The summed E-state index contributed by atoms with van der Waals surface area (Å²) in [6.07, 6.45) is 6.28. The third kappa shape index (κ3) is 4.77. The van der Waals surface area contributed by atoms with E-state index in [1.807, 2.05) is 47.3 Å². The average molecular weight is 300 g/mol. The summed E-state index contributed by atoms with van der Waals surface area (Å²) in [5, 5.41) is 11.4. The van der Waals surface area contributed by atoms with Crippen molar-refractivity contribution in [3.8, 4) is 5.69 Å². The van der Waals surface area contributed by atoms with Crippen LogP contribution >= 0.6 is 0 Å². The van der Waals surface area contributed by atoms with Gasteiger partial charge in [-0.25, -0.2) is 0 Å². The van der Waals surface area contributed by atoms with Crippen molar-refractivity contribution in [2.45, 2.75) is 25.7 Å². The number of unbranched alkanes of at least 4 members (excludes halogenated alkanes) is 2. The first kappa shape index (κ1) is 15.8. The Morgan fingerprint density at radius 2 is 1.82 bits per heavy atom. The Bertz CT molecular complexity index is 621. The van der Waals surface area contributed by atoms with Gasteiger partial charge in [-0.3, -0.25) is 9.59 Å². The van der Waals surface area contributed by atoms with Crippen LogP contribution in [0.1, 0.15) is 36.0 Å². The van der Waals surface area contributed by atoms with Crippen LogP contribution in [0.2, 0.25) is 0 Å². The topological polar surface area (TPSA) is 71.3 Å². The molecule has 0 spiro atoms. The van der Waals surface area contributed by atoms with Gasteiger partial charge in [0.25, 0.3) is 5.91 Å². The van der Waals surface area contributed by atoms with Gasteiger partial charge in [0.2, 0.25) is 0 Å². The highest BCUT2D eigenvalue weighted by molar-refractivity contribution is 5.94. The minimum absolute atomic E-state index is 0.104. The zero-order valence-corrected chi connectivity index (χ0v) is 12.4. The number of rotatable bonds is 8. The van der Waals surface area contributed by atoms with Crippen LogP contribution < -0.4 is 5.32 Å². The predicted molar refractivity (Wildman–Crippen MR) is 84.2 cm³/mol. The van der Waals surface area contributed by atoms with E-state index in [0.717, 1.165) is 18.5 Å². The molecule has 0 atom stereocenters. The number of nitrogens with one attached hydrogen (secondary N) is 1. The van der Waals surface area contributed by atoms with E-state index in [2.05, 4.69) is 5.32 Å². The van der Waals surface area contributed by atoms with E-state index < -0.39 is 5.97 Å². The fourth-order valence-corrected chi connectivity index (χ4v) is 2.20. The van der Waals surface area contributed by atoms with Crippen LogP contribution in [0.3, 0.4) is 0 Å². The normalized spacial score (nSPS) is 10.4. The van der Waals surface area contributed by atoms with Gasteiger partial charge >= 0.3 is 5.97 Å². The van der Waals surface area contributed by atoms with E-state index in [1.165, 1.54) is 0 Å². The number of nitrogens with zero attached hydrogens (tertiary/aromatic N) is 1. The van der Waals surface area contributed by atoms with Gasteiger partial charge in [0.1, 0.15) is 0 Å². The molecule has 1 aromatic heterocycles. The van der Waals surface area contributed by atoms with Crippen LogP contribution in [0.5, 0.6) is 0 Å². The molecular formula is C17H20N2O3. The summed E-state index contributed by atoms with van der Waals surface area (Å²) in [5.74, 6) is -0.877. The van der Waals surface area contributed by atoms with E-state index >= 15 is 0 Å². The third-order valence-corrected chi connectivity index (χ3v) is 3.36. The molecule has 5 nitrogen and oxygen atoms in total. The van der Waals surface area contributed by atoms with Crippen LogP contribution in [0.15, 0.2) is 48.8 Å². The van der Waals surface area contributed by atoms with Crippen molar-refractivity contribution in [2.24, 2.45) is 0 Å². The lowest BCUT2D eigenvalue weighted by atomic mass is 10.1. The van der Waals surface area contributed by atoms with E-state index in [4.69, 9.17) is 5.11 Å². The number of hydrogen-bond donors (Lipinski definition) is 2. The maximum Gasteiger partial charge on any atom is 0.303 e. The second-order valence-corrected chi connectivity index (χ2v) is 5.10. The number of aromatic nitrogens is 1. The maximum atomic E-state index is 12.1. The Morgan fingerprint density at radius 3 is 2.55 bits per heavy atom. The Kier molecular flexibility index (Phi) is 5.77. The minimum Gasteiger partial charge on any atom is -0.481 e. The second-order valence-electron chi connectivity index (χ2n) is 5.10. The molecule has 0 aliphatic rings. The van der Waals surface area contributed by atoms with Gasteiger partial charge in [0.15, 0.2) is 0 Å². The summed E-state index contributed by atoms with van der Waals surface area (Å²) in [7, 11) is 0. The summed E-state index contributed by atoms with van der Waals surface area (Å²) in [4.78, 5) is 22.5. The van der Waals surface area contributed by atoms with E-state index in [0.29, 0.717) is 18.5 Å². The van der Waals surface area contributed by atoms with Crippen molar-refractivity contribution in [1.82, 2.24) is 9.88 Å². The SMILES string of the molecule is O=C(O)CCCCCNC(=O)c1cccc(-n2cccc2)c1. The molecule has 0 radical (unpaired) electrons. The number of carboxylic acid groups (broad SMARTS) is 1. The largest absolute Gasteiger partial charge is 0.481 e. The smallest absolute Gasteiger partial charge is 0.303 e. The number of hydrogen-bond acceptors (Lipinski definition) is 2. The first-order chi connectivity index (χ1) is 10.7. The average Bonchev–Trinajstić information content (AvgIpc) is 3.05. The molecular weight excluding hydrogens is 280 g/mol. The highest BCUT2D eigenvalue weighted by Crippen LogP contribution is 2.11. The number of aliphatic carboxylic acids is 1. The lowest BCUT2D eigenvalue weighted by molar-refractivity contribution is -0.137. The molecule has 0 unspecified atom stereocenters. The lowest BCUT2D eigenvalue weighted by Crippen LogP contribution is -2.24. The molecule has 0 aliphatic carbocycles. The molecule has 22 heavy (non-hydrogen) atoms. The molecule has 2 rings (SSSR count). The summed E-state index contributed by atoms with van der Waals surface area (Å²) in [6.45, 7) is 0.562. The molecule has 0 bridgehead atoms. The highest BCUT2D eigenvalue weighted by atomic mass is 16.4. The third-order valence-electron chi connectivity index (χ3n) is 3.36. The van der Waals surface area contributed by atoms with Crippen LogP contribution in [-0.4, -0.2) is 28.1 Å². The number of amides is 1. The van der Waals surface area contributed by atoms with Gasteiger partial charge in [0.05, 0.1) is 0 Å². The van der Waals surface area contributed by atoms with Crippen molar-refractivity contribution in [3.05, 3.63) is 54.4 Å². The quantitative estimate of drug-likeness (QED) is 0.736. The van der Waals surface area contributed by atoms with Crippen LogP contribution in [0.25, 0.3) is 5.69 Å². The molecule has 0 fully saturated rings. The number of carboxylic acids is 1. The molecule has 0 aliphatic heterocycles. The zero-order chi connectivity index (χ0) is 15.8. The molecule has 2 aromatic rings. The van der Waals surface area contributed by atoms with Crippen molar-refractivity contribution < 1.29 is 14.7 Å². The summed E-state index contributed by atoms with van der Waals surface area (Å²) in [5.41, 5.74) is 1.57. The summed E-state index contributed by atoms with van der Waals surface area (Å²) < 4.78 is 1.95. The van der Waals surface area contributed by atoms with Gasteiger partial charge in [-0.1, -0.05) is 12.5 Å². The number of carbonyl (C=O) groups excluding carboxylic acids is 1. The van der Waals surface area contributed by atoms with Crippen molar-refractivity contribution in [1.29, 1.82) is 0 Å². The summed E-state index contributed by atoms with van der Waals surface area (Å²) in [6, 6.07) is 11.3. The zero-order valence-electron chi connectivity index (χ0n) is 12.4. The monoisotopic (exact) mass is 300 g/mol. The molecule has 1 amide bonds. The first-order valence-corrected chi connectivity index (χ1v) is 7.40. The summed E-state index contributed by atoms with van der Waals surface area (Å²) >= 11 is 0. The Balaban J connectivity index is 1.80. The first-order valence-electron chi connectivity index (χ1n) is 7.40. The van der Waals surface area contributed by atoms with Gasteiger partial charge in [-0.2, -0.15) is 0 Å². The fraction of sp³-hybridized carbons (Fsp3) is 0.294. The fourth-order valence-electron chi connectivity index (χ4n) is 2.20. The molecule has 116 valence electrons. The van der Waals surface area contributed by atoms with Gasteiger partial charge in [-0.05, 0) is 43.2 Å². The van der Waals surface area contributed by atoms with Crippen LogP contribution in [-0.2, 0) is 4.79 Å². The molecule has 0 saturated carbocycles. The van der Waals surface area contributed by atoms with Gasteiger partial charge < -0.3 is 15.0 Å². The Labute approximate surface area is 129 Å². The minimum atomic E-state index is -0.772. The van der Waals surface area contributed by atoms with Crippen molar-refractivity contribution in [2.75, 3.05) is 6.54 Å². The van der Waals surface area contributed by atoms with Crippen LogP contribution in [0.4, 0.5) is 0 Å². The van der Waals surface area contributed by atoms with E-state index in [-0.39, 0.29) is 12.3 Å². The van der Waals surface area contributed by atoms with Crippen molar-refractivity contribution in [3.63, 3.8) is 0 Å². The predicted octanol–water partition coefficient (Wildman–Crippen LogP) is 2.85. The lowest BCUT2D eigenvalue weighted by Gasteiger charge is -2.07. The Morgan fingerprint density at radius 1 is 1.05 bits per heavy atom. The van der Waals surface area contributed by atoms with Crippen LogP contribution in [0, 0.1) is 0 Å². The maximum absolute atomic E-state index is 12.1. The van der Waals surface area contributed by atoms with E-state index in [1.54, 1.807) is 6.07 Å². The van der Waals surface area contributed by atoms with Crippen molar-refractivity contribution >= 4 is 11.9 Å². The Hall–Kier alpha value is -2.56. The van der Waals surface area contributed by atoms with Gasteiger partial charge in [0, 0.05) is 36.6 Å². The number of benzene rings is 1. The second kappa shape index (κ2) is 8.02. The molecule has 2 N–H and O–H groups in total.